The van der Waals surface area contributed by atoms with Crippen molar-refractivity contribution in [3.8, 4) is 56.3 Å². The van der Waals surface area contributed by atoms with Gasteiger partial charge in [-0.3, -0.25) is 0 Å². The van der Waals surface area contributed by atoms with Crippen molar-refractivity contribution in [2.75, 3.05) is 0 Å². The maximum absolute atomic E-state index is 7.41. The van der Waals surface area contributed by atoms with E-state index in [0.717, 1.165) is 11.3 Å². The Kier molecular flexibility index (Phi) is 19.5. The average molecular weight is 1060 g/mol. The minimum absolute atomic E-state index is 0.363. The van der Waals surface area contributed by atoms with E-state index in [1.807, 2.05) is 48.9 Å². The summed E-state index contributed by atoms with van der Waals surface area (Å²) >= 11 is 0. The van der Waals surface area contributed by atoms with Crippen molar-refractivity contribution in [3.05, 3.63) is 266 Å². The minimum atomic E-state index is -2.05. The fourth-order valence-corrected chi connectivity index (χ4v) is 10.6. The molecule has 0 spiro atoms. The molecule has 10 aromatic rings. The van der Waals surface area contributed by atoms with Crippen LogP contribution in [-0.2, 0) is 35.2 Å². The highest BCUT2D eigenvalue weighted by Crippen LogP contribution is 2.28. The van der Waals surface area contributed by atoms with Crippen LogP contribution in [0.3, 0.4) is 0 Å². The van der Waals surface area contributed by atoms with Gasteiger partial charge in [-0.05, 0) is 191 Å². The standard InChI is InChI=1S/C16H20N.3C15H18N.C14H16N/c1-11-8-6-7-9-15(11)16-14(4)13(3)12(2)10-17(16)5;1-11-9-13(3)15(16(4)10-11)14-8-6-5-7-12(14)2;1-11-7-5-6-8-14(11)15-9-12(2)13(3)10-16(15)4;1-11-9-10-16(4)15(13(11)3)14-8-6-5-7-12(14)2;1-11-8-9-14(15(3)10-11)13-7-5-4-6-12(13)2/h6-10H,1-5H3;3*5-10H,1-4H3;4-10H,1-3H3/q5*+1/i;;;;1D3. The summed E-state index contributed by atoms with van der Waals surface area (Å²) in [6, 6.07) is 52.4. The second kappa shape index (κ2) is 27.6. The summed E-state index contributed by atoms with van der Waals surface area (Å²) < 4.78 is 32.9. The van der Waals surface area contributed by atoms with Crippen LogP contribution in [0.25, 0.3) is 56.3 Å². The molecule has 0 amide bonds. The lowest BCUT2D eigenvalue weighted by molar-refractivity contribution is -0.661. The van der Waals surface area contributed by atoms with Gasteiger partial charge in [0.15, 0.2) is 31.0 Å². The van der Waals surface area contributed by atoms with Gasteiger partial charge in [-0.1, -0.05) is 91.0 Å². The van der Waals surface area contributed by atoms with Gasteiger partial charge in [0.1, 0.15) is 35.2 Å². The largest absolute Gasteiger partial charge is 0.215 e. The van der Waals surface area contributed by atoms with Gasteiger partial charge < -0.3 is 0 Å². The predicted octanol–water partition coefficient (Wildman–Crippen LogP) is 15.5. The third kappa shape index (κ3) is 14.9. The second-order valence-electron chi connectivity index (χ2n) is 21.9. The first-order valence-corrected chi connectivity index (χ1v) is 27.9. The maximum atomic E-state index is 7.41. The van der Waals surface area contributed by atoms with E-state index < -0.39 is 6.85 Å². The number of aromatic nitrogens is 5. The van der Waals surface area contributed by atoms with Gasteiger partial charge in [-0.15, -0.1) is 0 Å². The Morgan fingerprint density at radius 1 is 0.263 bits per heavy atom. The molecular weight excluding hydrogens is 971 g/mol. The molecule has 5 aromatic heterocycles. The molecule has 5 heterocycles. The Morgan fingerprint density at radius 3 is 1.12 bits per heavy atom. The summed E-state index contributed by atoms with van der Waals surface area (Å²) in [6.45, 7) is 28.2. The van der Waals surface area contributed by atoms with Crippen LogP contribution in [0.2, 0.25) is 0 Å². The summed E-state index contributed by atoms with van der Waals surface area (Å²) in [5.41, 5.74) is 31.6. The van der Waals surface area contributed by atoms with Crippen molar-refractivity contribution in [3.63, 3.8) is 0 Å². The molecular formula is C75H90N5+5. The van der Waals surface area contributed by atoms with Gasteiger partial charge in [0.2, 0.25) is 28.5 Å². The van der Waals surface area contributed by atoms with Crippen molar-refractivity contribution in [2.45, 2.75) is 104 Å². The molecule has 5 heteroatoms. The molecule has 5 aromatic carbocycles. The highest BCUT2D eigenvalue weighted by atomic mass is 14.9. The molecule has 0 fully saturated rings. The summed E-state index contributed by atoms with van der Waals surface area (Å²) in [5.74, 6) is 0. The highest BCUT2D eigenvalue weighted by molar-refractivity contribution is 5.67. The van der Waals surface area contributed by atoms with E-state index in [1.54, 1.807) is 12.3 Å². The van der Waals surface area contributed by atoms with Crippen LogP contribution in [-0.4, -0.2) is 0 Å². The Labute approximate surface area is 486 Å². The minimum Gasteiger partial charge on any atom is -0.201 e. The fraction of sp³-hybridized carbons (Fsp3) is 0.267. The number of hydrogen-bond donors (Lipinski definition) is 0. The van der Waals surface area contributed by atoms with Crippen LogP contribution >= 0.6 is 0 Å². The van der Waals surface area contributed by atoms with E-state index >= 15 is 0 Å². The molecule has 0 atom stereocenters. The van der Waals surface area contributed by atoms with Crippen molar-refractivity contribution in [2.24, 2.45) is 35.2 Å². The number of hydrogen-bond acceptors (Lipinski definition) is 0. The zero-order valence-electron chi connectivity index (χ0n) is 54.6. The van der Waals surface area contributed by atoms with Gasteiger partial charge in [-0.25, -0.2) is 22.8 Å². The highest BCUT2D eigenvalue weighted by Gasteiger charge is 2.20. The SMILES string of the molecule is Cc1cc(-c2ccccc2C)[n+](C)cc1C.Cc1cc(C)c(-c2ccccc2C)[n+](C)c1.Cc1ccccc1-c1c(C)c(C)c(C)c[n+]1C.Cc1ccccc1-c1c(C)c(C)cc[n+]1C.[2H]C([2H])([2H])c1ccc(-c2ccccc2C)[n+](C)c1. The van der Waals surface area contributed by atoms with E-state index in [1.165, 1.54) is 123 Å². The third-order valence-corrected chi connectivity index (χ3v) is 15.6. The Morgan fingerprint density at radius 2 is 0.662 bits per heavy atom. The topological polar surface area (TPSA) is 19.4 Å². The van der Waals surface area contributed by atoms with E-state index in [4.69, 9.17) is 4.11 Å². The van der Waals surface area contributed by atoms with Gasteiger partial charge in [-0.2, -0.15) is 0 Å². The zero-order chi connectivity index (χ0) is 61.0. The van der Waals surface area contributed by atoms with Crippen LogP contribution < -0.4 is 22.8 Å². The summed E-state index contributed by atoms with van der Waals surface area (Å²) in [7, 11) is 10.3. The van der Waals surface area contributed by atoms with Gasteiger partial charge in [0.05, 0.1) is 0 Å². The van der Waals surface area contributed by atoms with Crippen LogP contribution in [0, 0.1) is 104 Å². The van der Waals surface area contributed by atoms with E-state index in [9.17, 15) is 0 Å². The van der Waals surface area contributed by atoms with Crippen molar-refractivity contribution >= 4 is 0 Å². The molecule has 0 unspecified atom stereocenters. The molecule has 10 rings (SSSR count). The quantitative estimate of drug-likeness (QED) is 0.153. The number of rotatable bonds is 5. The molecule has 410 valence electrons. The molecule has 0 aliphatic heterocycles. The van der Waals surface area contributed by atoms with E-state index in [0.29, 0.717) is 5.56 Å². The molecule has 0 aliphatic carbocycles. The number of aryl methyl sites for hydroxylation is 17. The predicted molar refractivity (Wildman–Crippen MR) is 336 cm³/mol. The summed E-state index contributed by atoms with van der Waals surface area (Å²) in [4.78, 5) is 0. The first-order valence-electron chi connectivity index (χ1n) is 29.4. The molecule has 0 bridgehead atoms. The maximum Gasteiger partial charge on any atom is 0.215 e. The van der Waals surface area contributed by atoms with E-state index in [2.05, 4.69) is 277 Å². The van der Waals surface area contributed by atoms with Gasteiger partial charge >= 0.3 is 0 Å². The van der Waals surface area contributed by atoms with Crippen molar-refractivity contribution < 1.29 is 26.9 Å². The lowest BCUT2D eigenvalue weighted by atomic mass is 9.97. The zero-order valence-corrected chi connectivity index (χ0v) is 51.6. The van der Waals surface area contributed by atoms with E-state index in [-0.39, 0.29) is 0 Å². The van der Waals surface area contributed by atoms with Crippen LogP contribution in [0.5, 0.6) is 0 Å². The van der Waals surface area contributed by atoms with Gasteiger partial charge in [0, 0.05) is 89.1 Å². The van der Waals surface area contributed by atoms with Crippen molar-refractivity contribution in [1.29, 1.82) is 0 Å². The Hall–Kier alpha value is -8.15. The molecule has 0 saturated heterocycles. The normalized spacial score (nSPS) is 11.2. The van der Waals surface area contributed by atoms with Crippen LogP contribution in [0.15, 0.2) is 183 Å². The average Bonchev–Trinajstić information content (AvgIpc) is 3.63. The summed E-state index contributed by atoms with van der Waals surface area (Å²) in [5, 5.41) is 0. The molecule has 5 nitrogen and oxygen atoms in total. The lowest BCUT2D eigenvalue weighted by Crippen LogP contribution is -2.33. The molecule has 0 N–H and O–H groups in total. The third-order valence-electron chi connectivity index (χ3n) is 15.6. The summed E-state index contributed by atoms with van der Waals surface area (Å²) in [6.07, 6.45) is 10.4. The Bertz CT molecular complexity index is 3880. The lowest BCUT2D eigenvalue weighted by Gasteiger charge is -2.10. The molecule has 0 aliphatic rings. The monoisotopic (exact) mass is 1060 g/mol. The Balaban J connectivity index is 0.000000167. The molecule has 0 radical (unpaired) electrons. The van der Waals surface area contributed by atoms with Gasteiger partial charge in [0.25, 0.3) is 0 Å². The second-order valence-corrected chi connectivity index (χ2v) is 21.9. The van der Waals surface area contributed by atoms with Crippen molar-refractivity contribution in [1.82, 2.24) is 0 Å². The smallest absolute Gasteiger partial charge is 0.201 e. The first-order chi connectivity index (χ1) is 39.2. The van der Waals surface area contributed by atoms with Crippen LogP contribution in [0.4, 0.5) is 0 Å². The number of nitrogens with zero attached hydrogens (tertiary/aromatic N) is 5. The number of benzene rings is 5. The molecule has 80 heavy (non-hydrogen) atoms. The first kappa shape index (κ1) is 56.6. The van der Waals surface area contributed by atoms with Crippen LogP contribution in [0.1, 0.15) is 87.6 Å². The number of pyridine rings is 5. The molecule has 0 saturated carbocycles. The fourth-order valence-electron chi connectivity index (χ4n) is 10.6.